The number of rotatable bonds is 8. The van der Waals surface area contributed by atoms with Crippen LogP contribution in [0, 0.1) is 0 Å². The van der Waals surface area contributed by atoms with Gasteiger partial charge in [-0.2, -0.15) is 13.2 Å². The van der Waals surface area contributed by atoms with Crippen molar-refractivity contribution >= 4 is 0 Å². The Morgan fingerprint density at radius 1 is 1.21 bits per heavy atom. The number of benzene rings is 1. The average Bonchev–Trinajstić information content (AvgIpc) is 2.33. The molecule has 0 saturated heterocycles. The Morgan fingerprint density at radius 3 is 2.63 bits per heavy atom. The molecule has 0 unspecified atom stereocenters. The Labute approximate surface area is 110 Å². The highest BCUT2D eigenvalue weighted by atomic mass is 19.4. The Morgan fingerprint density at radius 2 is 1.95 bits per heavy atom. The third kappa shape index (κ3) is 7.81. The van der Waals surface area contributed by atoms with E-state index in [1.54, 1.807) is 7.11 Å². The molecule has 0 aromatic heterocycles. The van der Waals surface area contributed by atoms with Crippen molar-refractivity contribution in [3.8, 4) is 0 Å². The number of nitrogens with one attached hydrogen (secondary N) is 1. The van der Waals surface area contributed by atoms with E-state index >= 15 is 0 Å². The number of hydrogen-bond acceptors (Lipinski definition) is 3. The zero-order valence-electron chi connectivity index (χ0n) is 10.8. The van der Waals surface area contributed by atoms with E-state index in [1.807, 2.05) is 24.3 Å². The third-order valence-electron chi connectivity index (χ3n) is 2.32. The van der Waals surface area contributed by atoms with Gasteiger partial charge >= 0.3 is 6.18 Å². The first-order valence-corrected chi connectivity index (χ1v) is 5.93. The normalized spacial score (nSPS) is 11.8. The Kier molecular flexibility index (Phi) is 6.83. The van der Waals surface area contributed by atoms with Crippen LogP contribution in [0.1, 0.15) is 11.1 Å². The summed E-state index contributed by atoms with van der Waals surface area (Å²) in [6, 6.07) is 7.82. The minimum absolute atomic E-state index is 0.0390. The fourth-order valence-electron chi connectivity index (χ4n) is 1.56. The molecule has 0 radical (unpaired) electrons. The largest absolute Gasteiger partial charge is 0.411 e. The first kappa shape index (κ1) is 15.9. The van der Waals surface area contributed by atoms with Gasteiger partial charge in [-0.3, -0.25) is 0 Å². The van der Waals surface area contributed by atoms with Crippen molar-refractivity contribution in [1.29, 1.82) is 0 Å². The maximum Gasteiger partial charge on any atom is 0.411 e. The van der Waals surface area contributed by atoms with Crippen molar-refractivity contribution in [2.24, 2.45) is 0 Å². The second-order valence-electron chi connectivity index (χ2n) is 4.10. The van der Waals surface area contributed by atoms with Crippen LogP contribution in [0.25, 0.3) is 0 Å². The lowest BCUT2D eigenvalue weighted by Gasteiger charge is -2.09. The summed E-state index contributed by atoms with van der Waals surface area (Å²) in [5.74, 6) is 0. The zero-order chi connectivity index (χ0) is 14.1. The van der Waals surface area contributed by atoms with Crippen molar-refractivity contribution < 1.29 is 22.6 Å². The van der Waals surface area contributed by atoms with Gasteiger partial charge in [0, 0.05) is 20.2 Å². The smallest absolute Gasteiger partial charge is 0.380 e. The molecule has 0 fully saturated rings. The fraction of sp³-hybridized carbons (Fsp3) is 0.538. The van der Waals surface area contributed by atoms with Crippen molar-refractivity contribution in [1.82, 2.24) is 5.32 Å². The summed E-state index contributed by atoms with van der Waals surface area (Å²) in [5.41, 5.74) is 2.13. The van der Waals surface area contributed by atoms with Crippen LogP contribution in [0.5, 0.6) is 0 Å². The van der Waals surface area contributed by atoms with Gasteiger partial charge in [0.2, 0.25) is 0 Å². The zero-order valence-corrected chi connectivity index (χ0v) is 10.8. The van der Waals surface area contributed by atoms with Gasteiger partial charge in [-0.15, -0.1) is 0 Å². The molecular formula is C13H18F3NO2. The quantitative estimate of drug-likeness (QED) is 0.741. The van der Waals surface area contributed by atoms with Gasteiger partial charge in [-0.25, -0.2) is 0 Å². The number of methoxy groups -OCH3 is 1. The first-order chi connectivity index (χ1) is 9.01. The van der Waals surface area contributed by atoms with Gasteiger partial charge < -0.3 is 14.8 Å². The Balaban J connectivity index is 2.17. The number of halogens is 3. The van der Waals surface area contributed by atoms with Crippen molar-refractivity contribution in [3.05, 3.63) is 35.4 Å². The van der Waals surface area contributed by atoms with Crippen LogP contribution < -0.4 is 5.32 Å². The molecule has 0 aliphatic heterocycles. The highest BCUT2D eigenvalue weighted by molar-refractivity contribution is 5.22. The van der Waals surface area contributed by atoms with Crippen molar-refractivity contribution in [3.63, 3.8) is 0 Å². The van der Waals surface area contributed by atoms with Crippen LogP contribution in [-0.4, -0.2) is 33.0 Å². The highest BCUT2D eigenvalue weighted by Crippen LogP contribution is 2.14. The van der Waals surface area contributed by atoms with Crippen LogP contribution >= 0.6 is 0 Å². The SMILES string of the molecule is COCc1cccc(CNCCOCC(F)(F)F)c1. The number of alkyl halides is 3. The number of hydrogen-bond donors (Lipinski definition) is 1. The fourth-order valence-corrected chi connectivity index (χ4v) is 1.56. The van der Waals surface area contributed by atoms with Gasteiger partial charge in [0.05, 0.1) is 13.2 Å². The molecule has 0 atom stereocenters. The summed E-state index contributed by atoms with van der Waals surface area (Å²) >= 11 is 0. The maximum atomic E-state index is 11.8. The van der Waals surface area contributed by atoms with E-state index in [9.17, 15) is 13.2 Å². The molecule has 1 aromatic rings. The molecule has 0 bridgehead atoms. The molecule has 108 valence electrons. The number of ether oxygens (including phenoxy) is 2. The summed E-state index contributed by atoms with van der Waals surface area (Å²) in [6.45, 7) is 0.356. The predicted molar refractivity (Wildman–Crippen MR) is 65.7 cm³/mol. The van der Waals surface area contributed by atoms with E-state index in [0.717, 1.165) is 11.1 Å². The molecule has 6 heteroatoms. The van der Waals surface area contributed by atoms with Gasteiger partial charge in [0.15, 0.2) is 0 Å². The first-order valence-electron chi connectivity index (χ1n) is 5.93. The molecule has 0 spiro atoms. The summed E-state index contributed by atoms with van der Waals surface area (Å²) in [6.07, 6.45) is -4.26. The predicted octanol–water partition coefficient (Wildman–Crippen LogP) is 2.50. The second-order valence-corrected chi connectivity index (χ2v) is 4.10. The molecule has 1 rings (SSSR count). The van der Waals surface area contributed by atoms with E-state index in [2.05, 4.69) is 10.1 Å². The lowest BCUT2D eigenvalue weighted by atomic mass is 10.1. The average molecular weight is 277 g/mol. The molecule has 0 amide bonds. The van der Waals surface area contributed by atoms with Crippen LogP contribution in [0.15, 0.2) is 24.3 Å². The standard InChI is InChI=1S/C13H18F3NO2/c1-18-9-12-4-2-3-11(7-12)8-17-5-6-19-10-13(14,15)16/h2-4,7,17H,5-6,8-10H2,1H3. The van der Waals surface area contributed by atoms with Gasteiger partial charge in [0.25, 0.3) is 0 Å². The third-order valence-corrected chi connectivity index (χ3v) is 2.32. The summed E-state index contributed by atoms with van der Waals surface area (Å²) in [5, 5.41) is 3.02. The maximum absolute atomic E-state index is 11.8. The van der Waals surface area contributed by atoms with Gasteiger partial charge in [-0.1, -0.05) is 24.3 Å². The molecule has 0 aliphatic rings. The molecular weight excluding hydrogens is 259 g/mol. The molecule has 3 nitrogen and oxygen atoms in total. The summed E-state index contributed by atoms with van der Waals surface area (Å²) < 4.78 is 44.9. The van der Waals surface area contributed by atoms with E-state index in [1.165, 1.54) is 0 Å². The molecule has 1 N–H and O–H groups in total. The van der Waals surface area contributed by atoms with E-state index in [0.29, 0.717) is 19.7 Å². The van der Waals surface area contributed by atoms with Crippen molar-refractivity contribution in [2.75, 3.05) is 26.9 Å². The molecule has 1 aromatic carbocycles. The molecule has 19 heavy (non-hydrogen) atoms. The van der Waals surface area contributed by atoms with Crippen LogP contribution in [0.2, 0.25) is 0 Å². The minimum Gasteiger partial charge on any atom is -0.380 e. The van der Waals surface area contributed by atoms with E-state index in [-0.39, 0.29) is 6.61 Å². The topological polar surface area (TPSA) is 30.5 Å². The van der Waals surface area contributed by atoms with Crippen LogP contribution in [0.4, 0.5) is 13.2 Å². The molecule has 0 heterocycles. The Hall–Kier alpha value is -1.11. The Bertz CT molecular complexity index is 369. The van der Waals surface area contributed by atoms with E-state index < -0.39 is 12.8 Å². The van der Waals surface area contributed by atoms with E-state index in [4.69, 9.17) is 4.74 Å². The monoisotopic (exact) mass is 277 g/mol. The van der Waals surface area contributed by atoms with Gasteiger partial charge in [0.1, 0.15) is 6.61 Å². The van der Waals surface area contributed by atoms with Crippen molar-refractivity contribution in [2.45, 2.75) is 19.3 Å². The van der Waals surface area contributed by atoms with Gasteiger partial charge in [-0.05, 0) is 11.1 Å². The molecule has 0 aliphatic carbocycles. The lowest BCUT2D eigenvalue weighted by Crippen LogP contribution is -2.23. The second kappa shape index (κ2) is 8.14. The summed E-state index contributed by atoms with van der Waals surface area (Å²) in [4.78, 5) is 0. The van der Waals surface area contributed by atoms with Crippen LogP contribution in [0.3, 0.4) is 0 Å². The highest BCUT2D eigenvalue weighted by Gasteiger charge is 2.27. The van der Waals surface area contributed by atoms with Crippen LogP contribution in [-0.2, 0) is 22.6 Å². The molecule has 0 saturated carbocycles. The lowest BCUT2D eigenvalue weighted by molar-refractivity contribution is -0.173. The summed E-state index contributed by atoms with van der Waals surface area (Å²) in [7, 11) is 1.63. The minimum atomic E-state index is -4.26.